The molecule has 1 saturated carbocycles. The molecule has 0 spiro atoms. The van der Waals surface area contributed by atoms with Crippen molar-refractivity contribution in [3.8, 4) is 0 Å². The number of rotatable bonds is 6. The Labute approximate surface area is 166 Å². The van der Waals surface area contributed by atoms with Gasteiger partial charge in [0, 0.05) is 31.9 Å². The van der Waals surface area contributed by atoms with Crippen LogP contribution in [0.25, 0.3) is 0 Å². The van der Waals surface area contributed by atoms with Crippen molar-refractivity contribution in [2.45, 2.75) is 45.1 Å². The molecule has 2 fully saturated rings. The van der Waals surface area contributed by atoms with Crippen LogP contribution in [0.4, 0.5) is 11.6 Å². The SMILES string of the molecule is CC(C)C[C@H]1CN(c2ccc(C3CC3)c(C(=O)c3cccnc3N)n2)CCN1. The molecular weight excluding hydrogens is 350 g/mol. The highest BCUT2D eigenvalue weighted by molar-refractivity contribution is 6.11. The van der Waals surface area contributed by atoms with Gasteiger partial charge < -0.3 is 16.0 Å². The van der Waals surface area contributed by atoms with Gasteiger partial charge in [-0.25, -0.2) is 9.97 Å². The highest BCUT2D eigenvalue weighted by Gasteiger charge is 2.31. The third kappa shape index (κ3) is 4.02. The van der Waals surface area contributed by atoms with E-state index in [0.717, 1.165) is 50.3 Å². The van der Waals surface area contributed by atoms with Crippen molar-refractivity contribution in [2.75, 3.05) is 30.3 Å². The van der Waals surface area contributed by atoms with E-state index in [4.69, 9.17) is 10.7 Å². The fourth-order valence-corrected chi connectivity index (χ4v) is 4.04. The maximum absolute atomic E-state index is 13.3. The molecule has 1 aliphatic carbocycles. The zero-order valence-corrected chi connectivity index (χ0v) is 16.7. The molecule has 0 aromatic carbocycles. The molecule has 2 aromatic rings. The number of nitrogens with two attached hydrogens (primary N) is 1. The molecule has 0 bridgehead atoms. The maximum atomic E-state index is 13.3. The van der Waals surface area contributed by atoms with E-state index in [-0.39, 0.29) is 11.6 Å². The van der Waals surface area contributed by atoms with Crippen molar-refractivity contribution >= 4 is 17.4 Å². The second-order valence-corrected chi connectivity index (χ2v) is 8.37. The standard InChI is InChI=1S/C22H29N5O/c1-14(2)12-16-13-27(11-10-24-16)19-8-7-17(15-5-6-15)20(26-19)21(28)18-4-3-9-25-22(18)23/h3-4,7-9,14-16,24H,5-6,10-13H2,1-2H3,(H2,23,25)/t16-/m0/s1. The van der Waals surface area contributed by atoms with Gasteiger partial charge >= 0.3 is 0 Å². The number of nitrogens with one attached hydrogen (secondary N) is 1. The summed E-state index contributed by atoms with van der Waals surface area (Å²) < 4.78 is 0. The van der Waals surface area contributed by atoms with Crippen LogP contribution in [-0.4, -0.2) is 41.4 Å². The quantitative estimate of drug-likeness (QED) is 0.751. The van der Waals surface area contributed by atoms with Crippen molar-refractivity contribution in [3.63, 3.8) is 0 Å². The van der Waals surface area contributed by atoms with E-state index in [2.05, 4.69) is 41.2 Å². The van der Waals surface area contributed by atoms with Crippen LogP contribution in [0, 0.1) is 5.92 Å². The van der Waals surface area contributed by atoms with Crippen molar-refractivity contribution in [3.05, 3.63) is 47.3 Å². The van der Waals surface area contributed by atoms with Gasteiger partial charge in [0.1, 0.15) is 17.3 Å². The number of pyridine rings is 2. The van der Waals surface area contributed by atoms with E-state index < -0.39 is 0 Å². The molecule has 0 amide bonds. The molecule has 6 heteroatoms. The number of carbonyl (C=O) groups is 1. The Balaban J connectivity index is 1.64. The number of hydrogen-bond donors (Lipinski definition) is 2. The topological polar surface area (TPSA) is 84.1 Å². The van der Waals surface area contributed by atoms with Crippen LogP contribution in [0.5, 0.6) is 0 Å². The lowest BCUT2D eigenvalue weighted by atomic mass is 10.00. The molecule has 2 aromatic heterocycles. The Bertz CT molecular complexity index is 862. The van der Waals surface area contributed by atoms with Crippen LogP contribution in [0.2, 0.25) is 0 Å². The van der Waals surface area contributed by atoms with E-state index in [1.54, 1.807) is 18.3 Å². The first-order valence-corrected chi connectivity index (χ1v) is 10.3. The first-order chi connectivity index (χ1) is 13.5. The number of ketones is 1. The normalized spacial score (nSPS) is 19.8. The molecule has 3 N–H and O–H groups in total. The zero-order chi connectivity index (χ0) is 19.7. The Morgan fingerprint density at radius 3 is 2.86 bits per heavy atom. The van der Waals surface area contributed by atoms with Crippen LogP contribution in [0.15, 0.2) is 30.5 Å². The van der Waals surface area contributed by atoms with Crippen molar-refractivity contribution in [1.82, 2.24) is 15.3 Å². The molecule has 0 unspecified atom stereocenters. The van der Waals surface area contributed by atoms with Gasteiger partial charge in [-0.2, -0.15) is 0 Å². The third-order valence-corrected chi connectivity index (χ3v) is 5.56. The number of anilines is 2. The van der Waals surface area contributed by atoms with Gasteiger partial charge in [0.25, 0.3) is 0 Å². The Hall–Kier alpha value is -2.47. The number of nitrogens with zero attached hydrogens (tertiary/aromatic N) is 3. The lowest BCUT2D eigenvalue weighted by Crippen LogP contribution is -2.51. The number of hydrogen-bond acceptors (Lipinski definition) is 6. The highest BCUT2D eigenvalue weighted by Crippen LogP contribution is 2.42. The van der Waals surface area contributed by atoms with Gasteiger partial charge in [-0.15, -0.1) is 0 Å². The molecule has 1 saturated heterocycles. The van der Waals surface area contributed by atoms with Gasteiger partial charge in [0.2, 0.25) is 5.78 Å². The average molecular weight is 380 g/mol. The van der Waals surface area contributed by atoms with E-state index in [0.29, 0.717) is 29.1 Å². The number of nitrogen functional groups attached to an aromatic ring is 1. The first kappa shape index (κ1) is 18.9. The zero-order valence-electron chi connectivity index (χ0n) is 16.7. The molecule has 0 radical (unpaired) electrons. The fourth-order valence-electron chi connectivity index (χ4n) is 4.04. The summed E-state index contributed by atoms with van der Waals surface area (Å²) in [5, 5.41) is 3.60. The third-order valence-electron chi connectivity index (χ3n) is 5.56. The lowest BCUT2D eigenvalue weighted by molar-refractivity contribution is 0.103. The molecule has 1 atom stereocenters. The number of carbonyl (C=O) groups excluding carboxylic acids is 1. The summed E-state index contributed by atoms with van der Waals surface area (Å²) in [6.07, 6.45) is 4.98. The Kier molecular flexibility index (Phi) is 5.31. The summed E-state index contributed by atoms with van der Waals surface area (Å²) in [5.41, 5.74) is 7.99. The highest BCUT2D eigenvalue weighted by atomic mass is 16.1. The van der Waals surface area contributed by atoms with E-state index >= 15 is 0 Å². The molecular formula is C22H29N5O. The van der Waals surface area contributed by atoms with Crippen LogP contribution in [0.3, 0.4) is 0 Å². The van der Waals surface area contributed by atoms with E-state index in [1.807, 2.05) is 0 Å². The summed E-state index contributed by atoms with van der Waals surface area (Å²) in [4.78, 5) is 24.5. The Morgan fingerprint density at radius 1 is 1.32 bits per heavy atom. The summed E-state index contributed by atoms with van der Waals surface area (Å²) in [7, 11) is 0. The lowest BCUT2D eigenvalue weighted by Gasteiger charge is -2.35. The minimum absolute atomic E-state index is 0.122. The van der Waals surface area contributed by atoms with Crippen LogP contribution in [-0.2, 0) is 0 Å². The summed E-state index contributed by atoms with van der Waals surface area (Å²) in [5.74, 6) is 2.11. The molecule has 4 rings (SSSR count). The molecule has 28 heavy (non-hydrogen) atoms. The van der Waals surface area contributed by atoms with Gasteiger partial charge in [-0.3, -0.25) is 4.79 Å². The van der Waals surface area contributed by atoms with Crippen molar-refractivity contribution in [1.29, 1.82) is 0 Å². The van der Waals surface area contributed by atoms with E-state index in [9.17, 15) is 4.79 Å². The second kappa shape index (κ2) is 7.87. The van der Waals surface area contributed by atoms with Gasteiger partial charge in [-0.1, -0.05) is 19.9 Å². The largest absolute Gasteiger partial charge is 0.383 e. The van der Waals surface area contributed by atoms with Crippen LogP contribution in [0.1, 0.15) is 60.6 Å². The molecule has 2 aliphatic rings. The van der Waals surface area contributed by atoms with Crippen LogP contribution < -0.4 is 16.0 Å². The minimum atomic E-state index is -0.122. The summed E-state index contributed by atoms with van der Waals surface area (Å²) >= 11 is 0. The van der Waals surface area contributed by atoms with Gasteiger partial charge in [-0.05, 0) is 54.9 Å². The van der Waals surface area contributed by atoms with Crippen molar-refractivity contribution < 1.29 is 4.79 Å². The number of aromatic nitrogens is 2. The minimum Gasteiger partial charge on any atom is -0.383 e. The maximum Gasteiger partial charge on any atom is 0.215 e. The predicted octanol–water partition coefficient (Wildman–Crippen LogP) is 2.99. The molecule has 148 valence electrons. The molecule has 1 aliphatic heterocycles. The summed E-state index contributed by atoms with van der Waals surface area (Å²) in [6, 6.07) is 8.11. The second-order valence-electron chi connectivity index (χ2n) is 8.37. The Morgan fingerprint density at radius 2 is 2.14 bits per heavy atom. The molecule has 6 nitrogen and oxygen atoms in total. The predicted molar refractivity (Wildman–Crippen MR) is 112 cm³/mol. The average Bonchev–Trinajstić information content (AvgIpc) is 3.52. The van der Waals surface area contributed by atoms with Gasteiger partial charge in [0.15, 0.2) is 0 Å². The number of piperazine rings is 1. The van der Waals surface area contributed by atoms with Gasteiger partial charge in [0.05, 0.1) is 5.56 Å². The smallest absolute Gasteiger partial charge is 0.215 e. The molecule has 3 heterocycles. The monoisotopic (exact) mass is 379 g/mol. The first-order valence-electron chi connectivity index (χ1n) is 10.3. The fraction of sp³-hybridized carbons (Fsp3) is 0.500. The van der Waals surface area contributed by atoms with E-state index in [1.165, 1.54) is 0 Å². The van der Waals surface area contributed by atoms with Crippen molar-refractivity contribution in [2.24, 2.45) is 5.92 Å². The van der Waals surface area contributed by atoms with Crippen LogP contribution >= 0.6 is 0 Å². The summed E-state index contributed by atoms with van der Waals surface area (Å²) in [6.45, 7) is 7.24.